The Kier molecular flexibility index (Phi) is 4.88. The van der Waals surface area contributed by atoms with E-state index in [1.807, 2.05) is 13.1 Å². The van der Waals surface area contributed by atoms with Crippen molar-refractivity contribution >= 4 is 5.91 Å². The van der Waals surface area contributed by atoms with E-state index in [0.717, 1.165) is 18.7 Å². The highest BCUT2D eigenvalue weighted by atomic mass is 19.4. The van der Waals surface area contributed by atoms with Crippen LogP contribution in [0.5, 0.6) is 0 Å². The lowest BCUT2D eigenvalue weighted by Crippen LogP contribution is -2.45. The first-order valence-electron chi connectivity index (χ1n) is 8.71. The molecule has 7 heteroatoms. The number of imidazole rings is 1. The van der Waals surface area contributed by atoms with Gasteiger partial charge >= 0.3 is 6.18 Å². The Labute approximate surface area is 140 Å². The average molecular weight is 343 g/mol. The van der Waals surface area contributed by atoms with Gasteiger partial charge in [0.2, 0.25) is 5.91 Å². The summed E-state index contributed by atoms with van der Waals surface area (Å²) in [6.45, 7) is 3.15. The van der Waals surface area contributed by atoms with Crippen molar-refractivity contribution in [3.8, 4) is 0 Å². The minimum Gasteiger partial charge on any atom is -0.340 e. The van der Waals surface area contributed by atoms with Gasteiger partial charge in [0.1, 0.15) is 5.82 Å². The van der Waals surface area contributed by atoms with E-state index in [1.165, 1.54) is 0 Å². The van der Waals surface area contributed by atoms with E-state index in [9.17, 15) is 18.0 Å². The summed E-state index contributed by atoms with van der Waals surface area (Å²) < 4.78 is 41.0. The van der Waals surface area contributed by atoms with Crippen molar-refractivity contribution in [1.29, 1.82) is 0 Å². The molecule has 1 saturated carbocycles. The van der Waals surface area contributed by atoms with Crippen LogP contribution >= 0.6 is 0 Å². The van der Waals surface area contributed by atoms with Crippen molar-refractivity contribution in [3.05, 3.63) is 18.2 Å². The molecule has 2 fully saturated rings. The van der Waals surface area contributed by atoms with Crippen LogP contribution in [0.2, 0.25) is 0 Å². The lowest BCUT2D eigenvalue weighted by Gasteiger charge is -2.38. The van der Waals surface area contributed by atoms with Gasteiger partial charge in [-0.3, -0.25) is 4.79 Å². The fourth-order valence-electron chi connectivity index (χ4n) is 4.13. The van der Waals surface area contributed by atoms with Crippen molar-refractivity contribution in [3.63, 3.8) is 0 Å². The van der Waals surface area contributed by atoms with Gasteiger partial charge in [-0.05, 0) is 39.0 Å². The van der Waals surface area contributed by atoms with Crippen LogP contribution in [0.1, 0.15) is 50.4 Å². The first kappa shape index (κ1) is 17.3. The zero-order valence-electron chi connectivity index (χ0n) is 13.9. The predicted molar refractivity (Wildman–Crippen MR) is 83.3 cm³/mol. The lowest BCUT2D eigenvalue weighted by atomic mass is 9.80. The van der Waals surface area contributed by atoms with E-state index in [0.29, 0.717) is 25.9 Å². The number of halogens is 3. The summed E-state index contributed by atoms with van der Waals surface area (Å²) in [4.78, 5) is 18.8. The number of alkyl halides is 3. The maximum Gasteiger partial charge on any atom is 0.391 e. The minimum absolute atomic E-state index is 0.0480. The number of aryl methyl sites for hydroxylation is 1. The normalized spacial score (nSPS) is 28.8. The van der Waals surface area contributed by atoms with Crippen LogP contribution in [0, 0.1) is 18.8 Å². The monoisotopic (exact) mass is 343 g/mol. The molecule has 1 saturated heterocycles. The zero-order valence-corrected chi connectivity index (χ0v) is 13.9. The maximum atomic E-state index is 13.0. The lowest BCUT2D eigenvalue weighted by molar-refractivity contribution is -0.187. The number of piperidine rings is 1. The van der Waals surface area contributed by atoms with Crippen LogP contribution < -0.4 is 0 Å². The van der Waals surface area contributed by atoms with E-state index in [2.05, 4.69) is 9.55 Å². The van der Waals surface area contributed by atoms with Crippen LogP contribution in [-0.2, 0) is 4.79 Å². The van der Waals surface area contributed by atoms with Crippen LogP contribution in [-0.4, -0.2) is 39.6 Å². The number of hydrogen-bond donors (Lipinski definition) is 0. The van der Waals surface area contributed by atoms with Gasteiger partial charge in [0.15, 0.2) is 0 Å². The van der Waals surface area contributed by atoms with Crippen molar-refractivity contribution in [2.45, 2.75) is 57.7 Å². The number of aromatic nitrogens is 2. The molecule has 2 aliphatic rings. The number of carbonyl (C=O) groups is 1. The second-order valence-electron chi connectivity index (χ2n) is 7.06. The molecule has 3 rings (SSSR count). The molecule has 134 valence electrons. The third-order valence-corrected chi connectivity index (χ3v) is 5.45. The first-order valence-corrected chi connectivity index (χ1v) is 8.71. The van der Waals surface area contributed by atoms with Gasteiger partial charge in [-0.15, -0.1) is 0 Å². The molecule has 0 radical (unpaired) electrons. The second kappa shape index (κ2) is 6.76. The summed E-state index contributed by atoms with van der Waals surface area (Å²) >= 11 is 0. The Balaban J connectivity index is 1.65. The Morgan fingerprint density at radius 1 is 1.25 bits per heavy atom. The number of amides is 1. The standard InChI is InChI=1S/C17H24F3N3O/c1-12-21-7-9-23(12)15-6-3-8-22(11-15)16(24)13-4-2-5-14(10-13)17(18,19)20/h7,9,13-15H,2-6,8,10-11H2,1H3. The molecule has 1 aromatic rings. The highest BCUT2D eigenvalue weighted by Gasteiger charge is 2.44. The molecule has 1 aromatic heterocycles. The first-order chi connectivity index (χ1) is 11.4. The highest BCUT2D eigenvalue weighted by Crippen LogP contribution is 2.40. The maximum absolute atomic E-state index is 13.0. The van der Waals surface area contributed by atoms with E-state index in [1.54, 1.807) is 11.1 Å². The van der Waals surface area contributed by atoms with E-state index < -0.39 is 18.0 Å². The molecular weight excluding hydrogens is 319 g/mol. The molecule has 4 nitrogen and oxygen atoms in total. The minimum atomic E-state index is -4.18. The highest BCUT2D eigenvalue weighted by molar-refractivity contribution is 5.79. The predicted octanol–water partition coefficient (Wildman–Crippen LogP) is 3.72. The molecule has 0 aromatic carbocycles. The quantitative estimate of drug-likeness (QED) is 0.821. The Morgan fingerprint density at radius 3 is 2.71 bits per heavy atom. The van der Waals surface area contributed by atoms with Crippen molar-refractivity contribution in [1.82, 2.24) is 14.5 Å². The number of carbonyl (C=O) groups excluding carboxylic acids is 1. The van der Waals surface area contributed by atoms with Crippen LogP contribution in [0.15, 0.2) is 12.4 Å². The summed E-state index contributed by atoms with van der Waals surface area (Å²) in [5, 5.41) is 0. The molecule has 0 spiro atoms. The van der Waals surface area contributed by atoms with Gasteiger partial charge in [0, 0.05) is 31.4 Å². The van der Waals surface area contributed by atoms with Gasteiger partial charge < -0.3 is 9.47 Å². The molecular formula is C17H24F3N3O. The average Bonchev–Trinajstić information content (AvgIpc) is 3.00. The summed E-state index contributed by atoms with van der Waals surface area (Å²) in [6.07, 6.45) is 2.49. The molecule has 24 heavy (non-hydrogen) atoms. The van der Waals surface area contributed by atoms with Gasteiger partial charge in [0.25, 0.3) is 0 Å². The molecule has 3 unspecified atom stereocenters. The third-order valence-electron chi connectivity index (χ3n) is 5.45. The summed E-state index contributed by atoms with van der Waals surface area (Å²) in [5.41, 5.74) is 0. The van der Waals surface area contributed by atoms with E-state index in [-0.39, 0.29) is 24.8 Å². The Bertz CT molecular complexity index is 584. The molecule has 1 amide bonds. The van der Waals surface area contributed by atoms with Crippen molar-refractivity contribution < 1.29 is 18.0 Å². The second-order valence-corrected chi connectivity index (χ2v) is 7.06. The SMILES string of the molecule is Cc1nccn1C1CCCN(C(=O)C2CCCC(C(F)(F)F)C2)C1. The van der Waals surface area contributed by atoms with Crippen molar-refractivity contribution in [2.24, 2.45) is 11.8 Å². The van der Waals surface area contributed by atoms with Gasteiger partial charge in [-0.1, -0.05) is 6.42 Å². The Morgan fingerprint density at radius 2 is 2.04 bits per heavy atom. The number of rotatable bonds is 2. The molecule has 1 aliphatic carbocycles. The van der Waals surface area contributed by atoms with E-state index in [4.69, 9.17) is 0 Å². The summed E-state index contributed by atoms with van der Waals surface area (Å²) in [7, 11) is 0. The summed E-state index contributed by atoms with van der Waals surface area (Å²) in [6, 6.07) is 0.173. The third kappa shape index (κ3) is 3.59. The molecule has 3 atom stereocenters. The molecule has 2 heterocycles. The van der Waals surface area contributed by atoms with E-state index >= 15 is 0 Å². The van der Waals surface area contributed by atoms with Crippen molar-refractivity contribution in [2.75, 3.05) is 13.1 Å². The van der Waals surface area contributed by atoms with Crippen LogP contribution in [0.4, 0.5) is 13.2 Å². The largest absolute Gasteiger partial charge is 0.391 e. The zero-order chi connectivity index (χ0) is 17.3. The summed E-state index contributed by atoms with van der Waals surface area (Å²) in [5.74, 6) is -0.986. The smallest absolute Gasteiger partial charge is 0.340 e. The number of nitrogens with zero attached hydrogens (tertiary/aromatic N) is 3. The van der Waals surface area contributed by atoms with Gasteiger partial charge in [0.05, 0.1) is 12.0 Å². The Hall–Kier alpha value is -1.53. The van der Waals surface area contributed by atoms with Crippen LogP contribution in [0.25, 0.3) is 0 Å². The molecule has 1 aliphatic heterocycles. The number of hydrogen-bond acceptors (Lipinski definition) is 2. The van der Waals surface area contributed by atoms with Gasteiger partial charge in [-0.25, -0.2) is 4.98 Å². The molecule has 0 bridgehead atoms. The van der Waals surface area contributed by atoms with Crippen LogP contribution in [0.3, 0.4) is 0 Å². The fraction of sp³-hybridized carbons (Fsp3) is 0.765. The fourth-order valence-corrected chi connectivity index (χ4v) is 4.13. The number of likely N-dealkylation sites (tertiary alicyclic amines) is 1. The van der Waals surface area contributed by atoms with Gasteiger partial charge in [-0.2, -0.15) is 13.2 Å². The molecule has 0 N–H and O–H groups in total. The topological polar surface area (TPSA) is 38.1 Å².